The van der Waals surface area contributed by atoms with Crippen molar-refractivity contribution in [1.82, 2.24) is 5.32 Å². The number of rotatable bonds is 2. The minimum Gasteiger partial charge on any atom is -0.346 e. The second-order valence-electron chi connectivity index (χ2n) is 4.60. The zero-order chi connectivity index (χ0) is 12.1. The van der Waals surface area contributed by atoms with Gasteiger partial charge in [-0.2, -0.15) is 0 Å². The maximum absolute atomic E-state index is 11.7. The molecule has 0 radical (unpaired) electrons. The van der Waals surface area contributed by atoms with Crippen LogP contribution in [0.4, 0.5) is 10.5 Å². The van der Waals surface area contributed by atoms with Crippen molar-refractivity contribution in [2.24, 2.45) is 0 Å². The van der Waals surface area contributed by atoms with Crippen molar-refractivity contribution in [3.05, 3.63) is 29.8 Å². The number of quaternary nitrogens is 1. The summed E-state index contributed by atoms with van der Waals surface area (Å²) in [7, 11) is 0. The van der Waals surface area contributed by atoms with Gasteiger partial charge >= 0.3 is 6.03 Å². The maximum Gasteiger partial charge on any atom is 0.319 e. The number of urea groups is 1. The van der Waals surface area contributed by atoms with Crippen LogP contribution in [0.25, 0.3) is 0 Å². The number of piperidine rings is 1. The number of hydrogen-bond donors (Lipinski definition) is 3. The Morgan fingerprint density at radius 2 is 1.88 bits per heavy atom. The number of benzene rings is 1. The van der Waals surface area contributed by atoms with Gasteiger partial charge in [-0.25, -0.2) is 4.79 Å². The lowest BCUT2D eigenvalue weighted by Crippen LogP contribution is -2.87. The van der Waals surface area contributed by atoms with E-state index in [0.717, 1.165) is 31.6 Å². The standard InChI is InChI=1S/C13H19N3O/c1-10-2-4-11(5-3-10)15-13(17)16-12-6-8-14-9-7-12/h2-5,12,14H,6-9H2,1H3,(H2,15,16,17)/p+1. The van der Waals surface area contributed by atoms with Gasteiger partial charge in [0.1, 0.15) is 0 Å². The van der Waals surface area contributed by atoms with Gasteiger partial charge in [-0.15, -0.1) is 0 Å². The highest BCUT2D eigenvalue weighted by Gasteiger charge is 2.17. The van der Waals surface area contributed by atoms with Crippen LogP contribution < -0.4 is 16.0 Å². The van der Waals surface area contributed by atoms with Crippen molar-refractivity contribution in [3.8, 4) is 0 Å². The van der Waals surface area contributed by atoms with Crippen LogP contribution >= 0.6 is 0 Å². The predicted octanol–water partition coefficient (Wildman–Crippen LogP) is 0.842. The summed E-state index contributed by atoms with van der Waals surface area (Å²) in [6.45, 7) is 4.24. The van der Waals surface area contributed by atoms with E-state index in [0.29, 0.717) is 6.04 Å². The molecule has 1 saturated heterocycles. The van der Waals surface area contributed by atoms with Crippen molar-refractivity contribution in [1.29, 1.82) is 0 Å². The monoisotopic (exact) mass is 234 g/mol. The third kappa shape index (κ3) is 3.75. The molecule has 0 saturated carbocycles. The van der Waals surface area contributed by atoms with E-state index in [2.05, 4.69) is 16.0 Å². The summed E-state index contributed by atoms with van der Waals surface area (Å²) in [6, 6.07) is 8.05. The van der Waals surface area contributed by atoms with Gasteiger partial charge in [-0.1, -0.05) is 17.7 Å². The van der Waals surface area contributed by atoms with Crippen molar-refractivity contribution in [2.75, 3.05) is 18.4 Å². The lowest BCUT2D eigenvalue weighted by molar-refractivity contribution is -0.663. The summed E-state index contributed by atoms with van der Waals surface area (Å²) in [5.74, 6) is 0. The molecule has 1 aliphatic heterocycles. The molecule has 17 heavy (non-hydrogen) atoms. The topological polar surface area (TPSA) is 57.7 Å². The Hall–Kier alpha value is -1.55. The largest absolute Gasteiger partial charge is 0.346 e. The molecule has 0 unspecified atom stereocenters. The quantitative estimate of drug-likeness (QED) is 0.698. The number of carbonyl (C=O) groups excluding carboxylic acids is 1. The number of nitrogens with one attached hydrogen (secondary N) is 2. The Labute approximate surface area is 102 Å². The van der Waals surface area contributed by atoms with E-state index in [1.807, 2.05) is 31.2 Å². The molecule has 2 amide bonds. The summed E-state index contributed by atoms with van der Waals surface area (Å²) in [6.07, 6.45) is 2.11. The summed E-state index contributed by atoms with van der Waals surface area (Å²) < 4.78 is 0. The molecule has 0 bridgehead atoms. The Morgan fingerprint density at radius 1 is 1.24 bits per heavy atom. The van der Waals surface area contributed by atoms with Gasteiger partial charge in [0.15, 0.2) is 0 Å². The third-order valence-electron chi connectivity index (χ3n) is 3.08. The van der Waals surface area contributed by atoms with E-state index in [-0.39, 0.29) is 6.03 Å². The molecular weight excluding hydrogens is 214 g/mol. The van der Waals surface area contributed by atoms with E-state index in [1.165, 1.54) is 5.56 Å². The predicted molar refractivity (Wildman–Crippen MR) is 68.0 cm³/mol. The number of nitrogens with two attached hydrogens (primary N) is 1. The zero-order valence-electron chi connectivity index (χ0n) is 10.2. The number of hydrogen-bond acceptors (Lipinski definition) is 1. The minimum atomic E-state index is -0.0965. The summed E-state index contributed by atoms with van der Waals surface area (Å²) >= 11 is 0. The Balaban J connectivity index is 1.82. The molecule has 4 heteroatoms. The maximum atomic E-state index is 11.7. The van der Waals surface area contributed by atoms with Crippen LogP contribution in [0.2, 0.25) is 0 Å². The van der Waals surface area contributed by atoms with Crippen LogP contribution in [0.1, 0.15) is 18.4 Å². The van der Waals surface area contributed by atoms with Gasteiger partial charge < -0.3 is 16.0 Å². The van der Waals surface area contributed by atoms with Gasteiger partial charge in [0.2, 0.25) is 0 Å². The number of amides is 2. The first-order chi connectivity index (χ1) is 8.24. The molecule has 0 spiro atoms. The second-order valence-corrected chi connectivity index (χ2v) is 4.60. The van der Waals surface area contributed by atoms with Crippen LogP contribution in [0, 0.1) is 6.92 Å². The average molecular weight is 234 g/mol. The highest BCUT2D eigenvalue weighted by atomic mass is 16.2. The summed E-state index contributed by atoms with van der Waals surface area (Å²) in [5.41, 5.74) is 2.04. The van der Waals surface area contributed by atoms with Crippen LogP contribution in [0.5, 0.6) is 0 Å². The smallest absolute Gasteiger partial charge is 0.319 e. The zero-order valence-corrected chi connectivity index (χ0v) is 10.2. The lowest BCUT2D eigenvalue weighted by atomic mass is 10.1. The third-order valence-corrected chi connectivity index (χ3v) is 3.08. The fraction of sp³-hybridized carbons (Fsp3) is 0.462. The normalized spacial score (nSPS) is 16.5. The second kappa shape index (κ2) is 5.68. The van der Waals surface area contributed by atoms with E-state index >= 15 is 0 Å². The molecule has 0 aliphatic carbocycles. The van der Waals surface area contributed by atoms with Crippen molar-refractivity contribution < 1.29 is 10.1 Å². The molecule has 1 aromatic rings. The molecule has 0 atom stereocenters. The molecule has 92 valence electrons. The first kappa shape index (κ1) is 11.9. The number of carbonyl (C=O) groups is 1. The van der Waals surface area contributed by atoms with Gasteiger partial charge in [0.25, 0.3) is 0 Å². The van der Waals surface area contributed by atoms with Crippen molar-refractivity contribution in [3.63, 3.8) is 0 Å². The van der Waals surface area contributed by atoms with Gasteiger partial charge in [-0.05, 0) is 19.1 Å². The number of anilines is 1. The fourth-order valence-electron chi connectivity index (χ4n) is 2.06. The highest BCUT2D eigenvalue weighted by molar-refractivity contribution is 5.89. The van der Waals surface area contributed by atoms with Crippen LogP contribution in [0.15, 0.2) is 24.3 Å². The molecule has 2 rings (SSSR count). The van der Waals surface area contributed by atoms with Gasteiger partial charge in [-0.3, -0.25) is 0 Å². The van der Waals surface area contributed by atoms with Gasteiger partial charge in [0, 0.05) is 24.6 Å². The van der Waals surface area contributed by atoms with Crippen molar-refractivity contribution >= 4 is 11.7 Å². The molecule has 1 fully saturated rings. The first-order valence-electron chi connectivity index (χ1n) is 6.20. The van der Waals surface area contributed by atoms with Gasteiger partial charge in [0.05, 0.1) is 13.1 Å². The molecule has 1 heterocycles. The summed E-state index contributed by atoms with van der Waals surface area (Å²) in [5, 5.41) is 8.16. The lowest BCUT2D eigenvalue weighted by Gasteiger charge is -2.21. The molecular formula is C13H20N3O+. The highest BCUT2D eigenvalue weighted by Crippen LogP contribution is 2.08. The molecule has 4 nitrogen and oxygen atoms in total. The van der Waals surface area contributed by atoms with Crippen LogP contribution in [-0.2, 0) is 0 Å². The fourth-order valence-corrected chi connectivity index (χ4v) is 2.06. The Kier molecular flexibility index (Phi) is 3.98. The number of aryl methyl sites for hydroxylation is 1. The van der Waals surface area contributed by atoms with E-state index in [1.54, 1.807) is 0 Å². The SMILES string of the molecule is Cc1ccc(NC(=O)NC2CC[NH2+]CC2)cc1. The Morgan fingerprint density at radius 3 is 2.53 bits per heavy atom. The van der Waals surface area contributed by atoms with Crippen LogP contribution in [-0.4, -0.2) is 25.2 Å². The first-order valence-corrected chi connectivity index (χ1v) is 6.20. The molecule has 4 N–H and O–H groups in total. The van der Waals surface area contributed by atoms with E-state index in [9.17, 15) is 4.79 Å². The Bertz CT molecular complexity index is 369. The average Bonchev–Trinajstić information content (AvgIpc) is 2.33. The summed E-state index contributed by atoms with van der Waals surface area (Å²) in [4.78, 5) is 11.7. The molecule has 1 aromatic carbocycles. The van der Waals surface area contributed by atoms with Crippen LogP contribution in [0.3, 0.4) is 0 Å². The minimum absolute atomic E-state index is 0.0965. The molecule has 0 aromatic heterocycles. The van der Waals surface area contributed by atoms with Crippen molar-refractivity contribution in [2.45, 2.75) is 25.8 Å². The van der Waals surface area contributed by atoms with E-state index in [4.69, 9.17) is 0 Å². The molecule has 1 aliphatic rings. The van der Waals surface area contributed by atoms with E-state index < -0.39 is 0 Å².